The fraction of sp³-hybridized carbons (Fsp3) is 0.188. The first-order valence-corrected chi connectivity index (χ1v) is 7.08. The highest BCUT2D eigenvalue weighted by molar-refractivity contribution is 9.10. The van der Waals surface area contributed by atoms with Crippen molar-refractivity contribution >= 4 is 21.7 Å². The summed E-state index contributed by atoms with van der Waals surface area (Å²) in [7, 11) is 0. The molecule has 0 fully saturated rings. The molecular weight excluding hydrogens is 320 g/mol. The summed E-state index contributed by atoms with van der Waals surface area (Å²) in [5.74, 6) is 0.0509. The number of halogens is 1. The minimum atomic E-state index is -0.0271. The number of phenolic OH excluding ortho intramolecular Hbond substituents is 2. The van der Waals surface area contributed by atoms with Gasteiger partial charge in [-0.1, -0.05) is 30.3 Å². The van der Waals surface area contributed by atoms with Crippen molar-refractivity contribution in [2.45, 2.75) is 19.8 Å². The summed E-state index contributed by atoms with van der Waals surface area (Å²) in [5.41, 5.74) is 2.24. The van der Waals surface area contributed by atoms with Crippen molar-refractivity contribution in [2.24, 2.45) is 0 Å². The lowest BCUT2D eigenvalue weighted by molar-refractivity contribution is -0.116. The lowest BCUT2D eigenvalue weighted by Crippen LogP contribution is -1.98. The Kier molecular flexibility index (Phi) is 4.45. The molecule has 0 heterocycles. The van der Waals surface area contributed by atoms with Crippen LogP contribution in [0.25, 0.3) is 11.1 Å². The van der Waals surface area contributed by atoms with Crippen LogP contribution in [0.3, 0.4) is 0 Å². The van der Waals surface area contributed by atoms with Gasteiger partial charge < -0.3 is 15.0 Å². The van der Waals surface area contributed by atoms with Gasteiger partial charge in [-0.2, -0.15) is 0 Å². The summed E-state index contributed by atoms with van der Waals surface area (Å²) in [5, 5.41) is 20.0. The molecule has 2 N–H and O–H groups in total. The molecule has 0 unspecified atom stereocenters. The molecule has 2 aromatic rings. The van der Waals surface area contributed by atoms with Gasteiger partial charge in [0.05, 0.1) is 4.47 Å². The van der Waals surface area contributed by atoms with Gasteiger partial charge in [0.25, 0.3) is 0 Å². The predicted octanol–water partition coefficient (Wildman–Crippen LogP) is 4.05. The lowest BCUT2D eigenvalue weighted by Gasteiger charge is -2.15. The highest BCUT2D eigenvalue weighted by Crippen LogP contribution is 2.42. The third kappa shape index (κ3) is 3.02. The van der Waals surface area contributed by atoms with Gasteiger partial charge in [0.15, 0.2) is 0 Å². The highest BCUT2D eigenvalue weighted by Gasteiger charge is 2.17. The van der Waals surface area contributed by atoms with E-state index in [2.05, 4.69) is 15.9 Å². The summed E-state index contributed by atoms with van der Waals surface area (Å²) in [6, 6.07) is 10.7. The maximum atomic E-state index is 11.2. The molecule has 4 heteroatoms. The molecule has 0 aliphatic heterocycles. The molecule has 3 nitrogen and oxygen atoms in total. The van der Waals surface area contributed by atoms with Crippen molar-refractivity contribution in [3.05, 3.63) is 46.4 Å². The van der Waals surface area contributed by atoms with E-state index in [1.165, 1.54) is 13.0 Å². The summed E-state index contributed by atoms with van der Waals surface area (Å²) in [6.07, 6.45) is 0.823. The summed E-state index contributed by atoms with van der Waals surface area (Å²) < 4.78 is 0.524. The van der Waals surface area contributed by atoms with E-state index < -0.39 is 0 Å². The summed E-state index contributed by atoms with van der Waals surface area (Å²) in [4.78, 5) is 11.2. The Bertz CT molecular complexity index is 636. The fourth-order valence-electron chi connectivity index (χ4n) is 2.15. The van der Waals surface area contributed by atoms with Gasteiger partial charge in [-0.15, -0.1) is 0 Å². The van der Waals surface area contributed by atoms with Crippen molar-refractivity contribution in [3.63, 3.8) is 0 Å². The Hall–Kier alpha value is -1.81. The Morgan fingerprint density at radius 1 is 1.15 bits per heavy atom. The smallest absolute Gasteiger partial charge is 0.133 e. The molecule has 0 bridgehead atoms. The molecular formula is C16H15BrO3. The van der Waals surface area contributed by atoms with Crippen molar-refractivity contribution in [1.82, 2.24) is 0 Å². The molecule has 0 atom stereocenters. The molecule has 20 heavy (non-hydrogen) atoms. The molecule has 0 amide bonds. The number of Topliss-reactive ketones (excluding diaryl/α,β-unsaturated/α-hetero) is 1. The minimum Gasteiger partial charge on any atom is -0.507 e. The van der Waals surface area contributed by atoms with E-state index in [9.17, 15) is 15.0 Å². The van der Waals surface area contributed by atoms with E-state index in [0.29, 0.717) is 22.9 Å². The molecule has 0 radical (unpaired) electrons. The van der Waals surface area contributed by atoms with Gasteiger partial charge in [-0.05, 0) is 40.4 Å². The quantitative estimate of drug-likeness (QED) is 0.886. The van der Waals surface area contributed by atoms with Gasteiger partial charge in [-0.25, -0.2) is 0 Å². The van der Waals surface area contributed by atoms with Gasteiger partial charge in [0.2, 0.25) is 0 Å². The van der Waals surface area contributed by atoms with Crippen LogP contribution in [0.4, 0.5) is 0 Å². The second kappa shape index (κ2) is 6.09. The molecule has 2 rings (SSSR count). The highest BCUT2D eigenvalue weighted by atomic mass is 79.9. The van der Waals surface area contributed by atoms with E-state index in [4.69, 9.17) is 0 Å². The zero-order valence-electron chi connectivity index (χ0n) is 11.1. The number of benzene rings is 2. The van der Waals surface area contributed by atoms with Crippen molar-refractivity contribution < 1.29 is 15.0 Å². The third-order valence-corrected chi connectivity index (χ3v) is 4.00. The first kappa shape index (κ1) is 14.6. The monoisotopic (exact) mass is 334 g/mol. The predicted molar refractivity (Wildman–Crippen MR) is 81.9 cm³/mol. The van der Waals surface area contributed by atoms with Crippen LogP contribution in [-0.2, 0) is 11.2 Å². The Labute approximate surface area is 126 Å². The van der Waals surface area contributed by atoms with Crippen LogP contribution in [-0.4, -0.2) is 16.0 Å². The van der Waals surface area contributed by atoms with E-state index in [0.717, 1.165) is 11.1 Å². The van der Waals surface area contributed by atoms with E-state index >= 15 is 0 Å². The van der Waals surface area contributed by atoms with Crippen molar-refractivity contribution in [3.8, 4) is 22.6 Å². The summed E-state index contributed by atoms with van der Waals surface area (Å²) in [6.45, 7) is 1.53. The van der Waals surface area contributed by atoms with Gasteiger partial charge in [0.1, 0.15) is 17.3 Å². The molecule has 0 aliphatic rings. The molecule has 0 saturated carbocycles. The van der Waals surface area contributed by atoms with Crippen LogP contribution in [0.5, 0.6) is 11.5 Å². The van der Waals surface area contributed by atoms with E-state index in [1.54, 1.807) is 0 Å². The topological polar surface area (TPSA) is 57.5 Å². The second-order valence-corrected chi connectivity index (χ2v) is 5.44. The Morgan fingerprint density at radius 3 is 2.40 bits per heavy atom. The number of hydrogen-bond donors (Lipinski definition) is 2. The van der Waals surface area contributed by atoms with Crippen LogP contribution >= 0.6 is 15.9 Å². The number of hydrogen-bond acceptors (Lipinski definition) is 3. The first-order chi connectivity index (χ1) is 9.50. The average Bonchev–Trinajstić information content (AvgIpc) is 2.42. The second-order valence-electron chi connectivity index (χ2n) is 4.65. The van der Waals surface area contributed by atoms with Crippen LogP contribution in [0.1, 0.15) is 18.9 Å². The Morgan fingerprint density at radius 2 is 1.80 bits per heavy atom. The average molecular weight is 335 g/mol. The molecule has 2 aromatic carbocycles. The van der Waals surface area contributed by atoms with Crippen molar-refractivity contribution in [1.29, 1.82) is 0 Å². The molecule has 0 spiro atoms. The van der Waals surface area contributed by atoms with Crippen LogP contribution in [0, 0.1) is 0 Å². The molecule has 0 aromatic heterocycles. The number of aromatic hydroxyl groups is 2. The number of carbonyl (C=O) groups is 1. The largest absolute Gasteiger partial charge is 0.507 e. The number of ketones is 1. The normalized spacial score (nSPS) is 10.5. The number of rotatable bonds is 4. The maximum absolute atomic E-state index is 11.2. The zero-order valence-corrected chi connectivity index (χ0v) is 12.6. The third-order valence-electron chi connectivity index (χ3n) is 3.11. The molecule has 0 saturated heterocycles. The lowest BCUT2D eigenvalue weighted by atomic mass is 9.94. The molecule has 0 aliphatic carbocycles. The minimum absolute atomic E-state index is 0.00968. The number of carbonyl (C=O) groups excluding carboxylic acids is 1. The van der Waals surface area contributed by atoms with Gasteiger partial charge in [0, 0.05) is 18.1 Å². The first-order valence-electron chi connectivity index (χ1n) is 6.29. The Balaban J connectivity index is 2.59. The zero-order chi connectivity index (χ0) is 14.7. The van der Waals surface area contributed by atoms with Crippen LogP contribution in [0.15, 0.2) is 40.9 Å². The molecule has 104 valence electrons. The van der Waals surface area contributed by atoms with Gasteiger partial charge in [-0.3, -0.25) is 0 Å². The summed E-state index contributed by atoms with van der Waals surface area (Å²) >= 11 is 3.34. The maximum Gasteiger partial charge on any atom is 0.133 e. The number of phenols is 2. The van der Waals surface area contributed by atoms with E-state index in [1.807, 2.05) is 30.3 Å². The van der Waals surface area contributed by atoms with E-state index in [-0.39, 0.29) is 17.3 Å². The standard InChI is InChI=1S/C16H15BrO3/c1-10(18)7-8-12-15(11-5-3-2-4-6-11)13(19)9-14(20)16(12)17/h2-6,9,19-20H,7-8H2,1H3. The van der Waals surface area contributed by atoms with Crippen molar-refractivity contribution in [2.75, 3.05) is 0 Å². The fourth-order valence-corrected chi connectivity index (χ4v) is 2.66. The van der Waals surface area contributed by atoms with Gasteiger partial charge >= 0.3 is 0 Å². The van der Waals surface area contributed by atoms with Crippen LogP contribution < -0.4 is 0 Å². The van der Waals surface area contributed by atoms with Crippen LogP contribution in [0.2, 0.25) is 0 Å². The SMILES string of the molecule is CC(=O)CCc1c(Br)c(O)cc(O)c1-c1ccccc1.